The predicted molar refractivity (Wildman–Crippen MR) is 120 cm³/mol. The van der Waals surface area contributed by atoms with Crippen LogP contribution < -0.4 is 15.8 Å². The quantitative estimate of drug-likeness (QED) is 0.589. The van der Waals surface area contributed by atoms with Crippen molar-refractivity contribution in [1.29, 1.82) is 0 Å². The van der Waals surface area contributed by atoms with Crippen molar-refractivity contribution >= 4 is 28.2 Å². The van der Waals surface area contributed by atoms with Crippen molar-refractivity contribution in [2.45, 2.75) is 25.6 Å². The van der Waals surface area contributed by atoms with Crippen LogP contribution in [0.5, 0.6) is 0 Å². The van der Waals surface area contributed by atoms with Gasteiger partial charge in [-0.15, -0.1) is 0 Å². The number of nitrogens with one attached hydrogen (secondary N) is 2. The van der Waals surface area contributed by atoms with Gasteiger partial charge in [0, 0.05) is 13.1 Å². The van der Waals surface area contributed by atoms with Crippen molar-refractivity contribution in [3.05, 3.63) is 64.2 Å². The van der Waals surface area contributed by atoms with E-state index in [9.17, 15) is 22.8 Å². The smallest absolute Gasteiger partial charge is 0.370 e. The number of alkyl halides is 3. The molecule has 1 aliphatic heterocycles. The van der Waals surface area contributed by atoms with Crippen molar-refractivity contribution in [3.8, 4) is 0 Å². The van der Waals surface area contributed by atoms with Crippen LogP contribution in [-0.2, 0) is 17.5 Å². The third-order valence-corrected chi connectivity index (χ3v) is 5.54. The molecule has 2 aromatic carbocycles. The number of anilines is 2. The van der Waals surface area contributed by atoms with Gasteiger partial charge in [-0.25, -0.2) is 4.98 Å². The van der Waals surface area contributed by atoms with Gasteiger partial charge < -0.3 is 15.2 Å². The summed E-state index contributed by atoms with van der Waals surface area (Å²) in [5, 5.41) is 3.12. The molecule has 2 heterocycles. The molecule has 0 saturated carbocycles. The maximum Gasteiger partial charge on any atom is 0.416 e. The summed E-state index contributed by atoms with van der Waals surface area (Å²) < 4.78 is 39.7. The number of carbonyl (C=O) groups is 1. The van der Waals surface area contributed by atoms with Gasteiger partial charge in [-0.3, -0.25) is 14.5 Å². The molecule has 33 heavy (non-hydrogen) atoms. The second-order valence-electron chi connectivity index (χ2n) is 8.17. The summed E-state index contributed by atoms with van der Waals surface area (Å²) in [6, 6.07) is 10.4. The molecule has 10 heteroatoms. The van der Waals surface area contributed by atoms with Gasteiger partial charge in [-0.05, 0) is 50.2 Å². The highest BCUT2D eigenvalue weighted by Gasteiger charge is 2.32. The minimum atomic E-state index is -4.51. The molecular formula is C23H24F3N5O2. The van der Waals surface area contributed by atoms with Crippen LogP contribution in [0, 0.1) is 0 Å². The molecular weight excluding hydrogens is 435 g/mol. The van der Waals surface area contributed by atoms with Crippen molar-refractivity contribution in [2.75, 3.05) is 36.9 Å². The number of para-hydroxylation sites is 1. The summed E-state index contributed by atoms with van der Waals surface area (Å²) in [5.41, 5.74) is 0.187. The van der Waals surface area contributed by atoms with Crippen LogP contribution in [0.3, 0.4) is 0 Å². The Morgan fingerprint density at radius 2 is 1.91 bits per heavy atom. The zero-order chi connectivity index (χ0) is 23.6. The Morgan fingerprint density at radius 1 is 1.18 bits per heavy atom. The maximum absolute atomic E-state index is 13.2. The Kier molecular flexibility index (Phi) is 6.37. The summed E-state index contributed by atoms with van der Waals surface area (Å²) in [6.45, 7) is 1.56. The number of benzene rings is 2. The molecule has 0 atom stereocenters. The highest BCUT2D eigenvalue weighted by atomic mass is 19.4. The summed E-state index contributed by atoms with van der Waals surface area (Å²) in [4.78, 5) is 35.6. The summed E-state index contributed by atoms with van der Waals surface area (Å²) in [5.74, 6) is -0.0637. The normalized spacial score (nSPS) is 14.3. The van der Waals surface area contributed by atoms with E-state index in [4.69, 9.17) is 0 Å². The van der Waals surface area contributed by atoms with Crippen LogP contribution in [0.2, 0.25) is 0 Å². The molecule has 1 saturated heterocycles. The van der Waals surface area contributed by atoms with Crippen LogP contribution in [-0.4, -0.2) is 47.5 Å². The van der Waals surface area contributed by atoms with Crippen LogP contribution in [0.4, 0.5) is 24.5 Å². The van der Waals surface area contributed by atoms with Crippen LogP contribution in [0.15, 0.2) is 47.3 Å². The Hall–Kier alpha value is -3.40. The molecule has 0 aliphatic carbocycles. The van der Waals surface area contributed by atoms with Crippen LogP contribution in [0.1, 0.15) is 24.2 Å². The lowest BCUT2D eigenvalue weighted by atomic mass is 10.1. The molecule has 174 valence electrons. The lowest BCUT2D eigenvalue weighted by Gasteiger charge is -2.23. The minimum absolute atomic E-state index is 0.0910. The number of likely N-dealkylation sites (N-methyl/N-ethyl adjacent to an activating group) is 1. The third-order valence-electron chi connectivity index (χ3n) is 5.54. The van der Waals surface area contributed by atoms with Crippen LogP contribution >= 0.6 is 0 Å². The number of nitrogens with zero attached hydrogens (tertiary/aromatic N) is 3. The molecule has 1 amide bonds. The molecule has 0 spiro atoms. The molecule has 1 fully saturated rings. The number of aromatic nitrogens is 2. The van der Waals surface area contributed by atoms with Gasteiger partial charge in [0.1, 0.15) is 5.82 Å². The number of rotatable bonds is 6. The second-order valence-corrected chi connectivity index (χ2v) is 8.17. The third kappa shape index (κ3) is 5.33. The molecule has 0 unspecified atom stereocenters. The van der Waals surface area contributed by atoms with Crippen molar-refractivity contribution in [2.24, 2.45) is 0 Å². The Morgan fingerprint density at radius 3 is 2.64 bits per heavy atom. The lowest BCUT2D eigenvalue weighted by Crippen LogP contribution is -2.32. The van der Waals surface area contributed by atoms with Crippen molar-refractivity contribution < 1.29 is 18.0 Å². The molecule has 0 radical (unpaired) electrons. The number of halogens is 3. The van der Waals surface area contributed by atoms with Gasteiger partial charge in [0.2, 0.25) is 5.91 Å². The van der Waals surface area contributed by atoms with E-state index in [2.05, 4.69) is 15.3 Å². The Balaban J connectivity index is 1.48. The number of carbonyl (C=O) groups excluding carboxylic acids is 1. The van der Waals surface area contributed by atoms with Gasteiger partial charge in [0.15, 0.2) is 0 Å². The summed E-state index contributed by atoms with van der Waals surface area (Å²) >= 11 is 0. The first-order valence-electron chi connectivity index (χ1n) is 10.6. The lowest BCUT2D eigenvalue weighted by molar-refractivity contribution is -0.137. The van der Waals surface area contributed by atoms with Gasteiger partial charge >= 0.3 is 6.18 Å². The molecule has 0 bridgehead atoms. The largest absolute Gasteiger partial charge is 0.416 e. The number of fused-ring (bicyclic) bond motifs is 1. The predicted octanol–water partition coefficient (Wildman–Crippen LogP) is 3.61. The fraction of sp³-hybridized carbons (Fsp3) is 0.348. The second kappa shape index (κ2) is 9.22. The maximum atomic E-state index is 13.2. The Labute approximate surface area is 188 Å². The topological polar surface area (TPSA) is 81.3 Å². The van der Waals surface area contributed by atoms with E-state index in [1.807, 2.05) is 4.90 Å². The standard InChI is InChI=1S/C23H24F3N5O2/c1-30(13-20-27-17-7-3-2-6-16(17)22(33)29-20)14-21(32)28-18-12-15(23(24,25)26)8-9-19(18)31-10-4-5-11-31/h2-3,6-9,12H,4-5,10-11,13-14H2,1H3,(H,28,32)(H,27,29,33). The Bertz CT molecular complexity index is 1220. The molecule has 1 aromatic heterocycles. The first-order chi connectivity index (χ1) is 15.7. The molecule has 4 rings (SSSR count). The van der Waals surface area contributed by atoms with E-state index in [1.165, 1.54) is 6.07 Å². The van der Waals surface area contributed by atoms with Gasteiger partial charge in [-0.1, -0.05) is 12.1 Å². The highest BCUT2D eigenvalue weighted by Crippen LogP contribution is 2.36. The van der Waals surface area contributed by atoms with E-state index in [-0.39, 0.29) is 24.3 Å². The fourth-order valence-corrected chi connectivity index (χ4v) is 4.00. The number of aromatic amines is 1. The average Bonchev–Trinajstić information content (AvgIpc) is 3.27. The van der Waals surface area contributed by atoms with E-state index < -0.39 is 17.6 Å². The van der Waals surface area contributed by atoms with Crippen LogP contribution in [0.25, 0.3) is 10.9 Å². The highest BCUT2D eigenvalue weighted by molar-refractivity contribution is 5.95. The fourth-order valence-electron chi connectivity index (χ4n) is 4.00. The van der Waals surface area contributed by atoms with Gasteiger partial charge in [0.05, 0.1) is 40.9 Å². The van der Waals surface area contributed by atoms with Crippen molar-refractivity contribution in [1.82, 2.24) is 14.9 Å². The number of amides is 1. The number of hydrogen-bond acceptors (Lipinski definition) is 5. The van der Waals surface area contributed by atoms with E-state index in [0.717, 1.165) is 38.1 Å². The monoisotopic (exact) mass is 459 g/mol. The van der Waals surface area contributed by atoms with Gasteiger partial charge in [-0.2, -0.15) is 13.2 Å². The van der Waals surface area contributed by atoms with Gasteiger partial charge in [0.25, 0.3) is 5.56 Å². The van der Waals surface area contributed by atoms with E-state index in [0.29, 0.717) is 22.4 Å². The van der Waals surface area contributed by atoms with Crippen molar-refractivity contribution in [3.63, 3.8) is 0 Å². The summed E-state index contributed by atoms with van der Waals surface area (Å²) in [6.07, 6.45) is -2.60. The average molecular weight is 459 g/mol. The minimum Gasteiger partial charge on any atom is -0.370 e. The molecule has 1 aliphatic rings. The number of hydrogen-bond donors (Lipinski definition) is 2. The first kappa shape index (κ1) is 22.8. The SMILES string of the molecule is CN(CC(=O)Nc1cc(C(F)(F)F)ccc1N1CCCC1)Cc1nc2ccccc2c(=O)[nH]1. The number of H-pyrrole nitrogens is 1. The molecule has 7 nitrogen and oxygen atoms in total. The zero-order valence-electron chi connectivity index (χ0n) is 18.1. The summed E-state index contributed by atoms with van der Waals surface area (Å²) in [7, 11) is 1.67. The van der Waals surface area contributed by atoms with E-state index in [1.54, 1.807) is 36.2 Å². The molecule has 3 aromatic rings. The molecule has 2 N–H and O–H groups in total. The first-order valence-corrected chi connectivity index (χ1v) is 10.6. The van der Waals surface area contributed by atoms with E-state index >= 15 is 0 Å². The zero-order valence-corrected chi connectivity index (χ0v) is 18.1.